The van der Waals surface area contributed by atoms with Crippen molar-refractivity contribution in [2.45, 2.75) is 26.3 Å². The molecule has 0 bridgehead atoms. The van der Waals surface area contributed by atoms with Crippen LogP contribution in [0.25, 0.3) is 0 Å². The monoisotopic (exact) mass is 169 g/mol. The van der Waals surface area contributed by atoms with Crippen LogP contribution in [0.3, 0.4) is 0 Å². The molecular formula is C9H15NO2. The summed E-state index contributed by atoms with van der Waals surface area (Å²) in [6.07, 6.45) is 4.22. The molecule has 12 heavy (non-hydrogen) atoms. The van der Waals surface area contributed by atoms with Crippen molar-refractivity contribution in [3.05, 3.63) is 12.3 Å². The molecule has 0 saturated heterocycles. The van der Waals surface area contributed by atoms with Crippen molar-refractivity contribution in [3.63, 3.8) is 0 Å². The Kier molecular flexibility index (Phi) is 2.40. The number of carbonyl (C=O) groups excluding carboxylic acids is 1. The standard InChI is InChI=1S/C9H15NO2/c1-9(2)6-7(9)10-5-4-8(11)12-3/h4-5,7,10H,6H2,1-3H3/b5-4+. The highest BCUT2D eigenvalue weighted by Crippen LogP contribution is 2.44. The zero-order valence-corrected chi connectivity index (χ0v) is 7.76. The summed E-state index contributed by atoms with van der Waals surface area (Å²) >= 11 is 0. The van der Waals surface area contributed by atoms with E-state index >= 15 is 0 Å². The highest BCUT2D eigenvalue weighted by atomic mass is 16.5. The molecule has 68 valence electrons. The van der Waals surface area contributed by atoms with Crippen LogP contribution in [0.5, 0.6) is 0 Å². The van der Waals surface area contributed by atoms with Crippen LogP contribution in [0.2, 0.25) is 0 Å². The summed E-state index contributed by atoms with van der Waals surface area (Å²) in [7, 11) is 1.37. The number of nitrogens with one attached hydrogen (secondary N) is 1. The van der Waals surface area contributed by atoms with Crippen molar-refractivity contribution in [1.29, 1.82) is 0 Å². The molecule has 0 heterocycles. The van der Waals surface area contributed by atoms with Gasteiger partial charge in [0.05, 0.1) is 7.11 Å². The maximum atomic E-state index is 10.6. The molecule has 0 aromatic rings. The summed E-state index contributed by atoms with van der Waals surface area (Å²) in [6.45, 7) is 4.38. The number of ether oxygens (including phenoxy) is 1. The van der Waals surface area contributed by atoms with Crippen molar-refractivity contribution in [2.24, 2.45) is 5.41 Å². The number of methoxy groups -OCH3 is 1. The van der Waals surface area contributed by atoms with Gasteiger partial charge in [0, 0.05) is 18.3 Å². The third-order valence-electron chi connectivity index (χ3n) is 2.23. The van der Waals surface area contributed by atoms with Crippen molar-refractivity contribution in [3.8, 4) is 0 Å². The van der Waals surface area contributed by atoms with Gasteiger partial charge in [0.1, 0.15) is 0 Å². The molecule has 1 aliphatic rings. The fourth-order valence-electron chi connectivity index (χ4n) is 1.05. The Balaban J connectivity index is 2.19. The molecule has 3 nitrogen and oxygen atoms in total. The number of hydrogen-bond acceptors (Lipinski definition) is 3. The van der Waals surface area contributed by atoms with E-state index < -0.39 is 0 Å². The smallest absolute Gasteiger partial charge is 0.331 e. The fourth-order valence-corrected chi connectivity index (χ4v) is 1.05. The molecule has 0 radical (unpaired) electrons. The van der Waals surface area contributed by atoms with E-state index in [1.54, 1.807) is 6.20 Å². The topological polar surface area (TPSA) is 38.3 Å². The van der Waals surface area contributed by atoms with E-state index in [0.29, 0.717) is 11.5 Å². The minimum atomic E-state index is -0.319. The van der Waals surface area contributed by atoms with Crippen LogP contribution in [-0.2, 0) is 9.53 Å². The summed E-state index contributed by atoms with van der Waals surface area (Å²) < 4.78 is 4.44. The maximum Gasteiger partial charge on any atom is 0.331 e. The van der Waals surface area contributed by atoms with Crippen LogP contribution in [0.4, 0.5) is 0 Å². The number of esters is 1. The molecule has 0 spiro atoms. The molecule has 0 aromatic carbocycles. The molecule has 1 rings (SSSR count). The van der Waals surface area contributed by atoms with Crippen molar-refractivity contribution in [1.82, 2.24) is 5.32 Å². The van der Waals surface area contributed by atoms with Gasteiger partial charge in [0.2, 0.25) is 0 Å². The third-order valence-corrected chi connectivity index (χ3v) is 2.23. The number of hydrogen-bond donors (Lipinski definition) is 1. The van der Waals surface area contributed by atoms with Gasteiger partial charge in [-0.15, -0.1) is 0 Å². The molecule has 0 aliphatic heterocycles. The maximum absolute atomic E-state index is 10.6. The summed E-state index contributed by atoms with van der Waals surface area (Å²) in [4.78, 5) is 10.6. The summed E-state index contributed by atoms with van der Waals surface area (Å²) in [5.41, 5.74) is 0.389. The van der Waals surface area contributed by atoms with E-state index in [4.69, 9.17) is 0 Å². The normalized spacial score (nSPS) is 25.4. The molecule has 0 aromatic heterocycles. The molecule has 1 unspecified atom stereocenters. The van der Waals surface area contributed by atoms with Crippen molar-refractivity contribution < 1.29 is 9.53 Å². The Hall–Kier alpha value is -0.990. The average molecular weight is 169 g/mol. The summed E-state index contributed by atoms with van der Waals surface area (Å²) in [5, 5.41) is 3.13. The van der Waals surface area contributed by atoms with E-state index in [1.807, 2.05) is 0 Å². The van der Waals surface area contributed by atoms with Crippen LogP contribution in [-0.4, -0.2) is 19.1 Å². The highest BCUT2D eigenvalue weighted by Gasteiger charge is 2.44. The molecule has 1 atom stereocenters. The minimum Gasteiger partial charge on any atom is -0.466 e. The van der Waals surface area contributed by atoms with Gasteiger partial charge in [-0.25, -0.2) is 4.79 Å². The second-order valence-electron chi connectivity index (χ2n) is 3.77. The summed E-state index contributed by atoms with van der Waals surface area (Å²) in [5.74, 6) is -0.319. The zero-order chi connectivity index (χ0) is 9.19. The van der Waals surface area contributed by atoms with E-state index in [-0.39, 0.29) is 5.97 Å². The first-order valence-corrected chi connectivity index (χ1v) is 4.07. The van der Waals surface area contributed by atoms with Crippen molar-refractivity contribution in [2.75, 3.05) is 7.11 Å². The van der Waals surface area contributed by atoms with Crippen LogP contribution >= 0.6 is 0 Å². The van der Waals surface area contributed by atoms with Gasteiger partial charge in [0.15, 0.2) is 0 Å². The predicted octanol–water partition coefficient (Wildman–Crippen LogP) is 1.06. The minimum absolute atomic E-state index is 0.319. The first kappa shape index (κ1) is 9.10. The first-order chi connectivity index (χ1) is 5.56. The molecular weight excluding hydrogens is 154 g/mol. The van der Waals surface area contributed by atoms with Gasteiger partial charge in [-0.3, -0.25) is 0 Å². The van der Waals surface area contributed by atoms with Crippen molar-refractivity contribution >= 4 is 5.97 Å². The van der Waals surface area contributed by atoms with Gasteiger partial charge >= 0.3 is 5.97 Å². The largest absolute Gasteiger partial charge is 0.466 e. The Morgan fingerprint density at radius 3 is 2.67 bits per heavy atom. The average Bonchev–Trinajstić information content (AvgIpc) is 2.59. The van der Waals surface area contributed by atoms with Crippen LogP contribution in [0.15, 0.2) is 12.3 Å². The van der Waals surface area contributed by atoms with Gasteiger partial charge in [-0.05, 0) is 11.8 Å². The zero-order valence-electron chi connectivity index (χ0n) is 7.76. The van der Waals surface area contributed by atoms with E-state index in [9.17, 15) is 4.79 Å². The van der Waals surface area contributed by atoms with Gasteiger partial charge < -0.3 is 10.1 Å². The predicted molar refractivity (Wildman–Crippen MR) is 46.5 cm³/mol. The van der Waals surface area contributed by atoms with Gasteiger partial charge in [-0.2, -0.15) is 0 Å². The van der Waals surface area contributed by atoms with E-state index in [1.165, 1.54) is 19.6 Å². The highest BCUT2D eigenvalue weighted by molar-refractivity contribution is 5.81. The Morgan fingerprint density at radius 2 is 2.25 bits per heavy atom. The Bertz CT molecular complexity index is 209. The molecule has 3 heteroatoms. The van der Waals surface area contributed by atoms with Gasteiger partial charge in [-0.1, -0.05) is 13.8 Å². The number of carbonyl (C=O) groups is 1. The van der Waals surface area contributed by atoms with Crippen LogP contribution in [0, 0.1) is 5.41 Å². The quantitative estimate of drug-likeness (QED) is 0.507. The first-order valence-electron chi connectivity index (χ1n) is 4.07. The van der Waals surface area contributed by atoms with Crippen LogP contribution in [0.1, 0.15) is 20.3 Å². The lowest BCUT2D eigenvalue weighted by atomic mass is 10.2. The molecule has 1 saturated carbocycles. The second-order valence-corrected chi connectivity index (χ2v) is 3.77. The summed E-state index contributed by atoms with van der Waals surface area (Å²) in [6, 6.07) is 0.512. The lowest BCUT2D eigenvalue weighted by molar-refractivity contribution is -0.134. The lowest BCUT2D eigenvalue weighted by Gasteiger charge is -2.01. The molecule has 1 aliphatic carbocycles. The second kappa shape index (κ2) is 3.17. The van der Waals surface area contributed by atoms with Crippen LogP contribution < -0.4 is 5.32 Å². The Labute approximate surface area is 72.8 Å². The Morgan fingerprint density at radius 1 is 1.67 bits per heavy atom. The number of rotatable bonds is 3. The van der Waals surface area contributed by atoms with Gasteiger partial charge in [0.25, 0.3) is 0 Å². The molecule has 1 fully saturated rings. The molecule has 0 amide bonds. The molecule has 1 N–H and O–H groups in total. The third kappa shape index (κ3) is 2.26. The van der Waals surface area contributed by atoms with E-state index in [0.717, 1.165) is 0 Å². The SMILES string of the molecule is COC(=O)/C=C/NC1CC1(C)C. The lowest BCUT2D eigenvalue weighted by Crippen LogP contribution is -2.14. The fraction of sp³-hybridized carbons (Fsp3) is 0.667. The van der Waals surface area contributed by atoms with E-state index in [2.05, 4.69) is 23.9 Å².